The lowest BCUT2D eigenvalue weighted by Gasteiger charge is -2.26. The number of ether oxygens (including phenoxy) is 1. The van der Waals surface area contributed by atoms with Crippen molar-refractivity contribution >= 4 is 5.91 Å². The lowest BCUT2D eigenvalue weighted by molar-refractivity contribution is -0.121. The molecule has 1 unspecified atom stereocenters. The maximum Gasteiger partial charge on any atom is 0.220 e. The molecule has 0 aliphatic carbocycles. The predicted octanol–water partition coefficient (Wildman–Crippen LogP) is 2.22. The Morgan fingerprint density at radius 1 is 1.24 bits per heavy atom. The van der Waals surface area contributed by atoms with Gasteiger partial charge in [-0.1, -0.05) is 25.5 Å². The Morgan fingerprint density at radius 2 is 1.90 bits per heavy atom. The van der Waals surface area contributed by atoms with Gasteiger partial charge in [0.05, 0.1) is 0 Å². The summed E-state index contributed by atoms with van der Waals surface area (Å²) in [5.74, 6) is 0.509. The normalized spacial score (nSPS) is 17.4. The number of benzene rings is 1. The third-order valence-electron chi connectivity index (χ3n) is 4.08. The van der Waals surface area contributed by atoms with Crippen LogP contribution in [0, 0.1) is 5.92 Å². The molecular formula is C17H26N2O2. The first-order valence-corrected chi connectivity index (χ1v) is 7.88. The Kier molecular flexibility index (Phi) is 6.05. The van der Waals surface area contributed by atoms with E-state index in [2.05, 4.69) is 4.90 Å². The lowest BCUT2D eigenvalue weighted by Crippen LogP contribution is -2.33. The summed E-state index contributed by atoms with van der Waals surface area (Å²) in [5.41, 5.74) is 6.40. The molecule has 0 saturated carbocycles. The van der Waals surface area contributed by atoms with E-state index in [1.807, 2.05) is 31.2 Å². The summed E-state index contributed by atoms with van der Waals surface area (Å²) in [4.78, 5) is 13.5. The first-order valence-electron chi connectivity index (χ1n) is 7.88. The van der Waals surface area contributed by atoms with E-state index in [4.69, 9.17) is 10.5 Å². The molecule has 1 heterocycles. The number of nitrogens with zero attached hydrogens (tertiary/aromatic N) is 1. The molecular weight excluding hydrogens is 264 g/mol. The number of piperidine rings is 1. The molecule has 2 N–H and O–H groups in total. The molecule has 1 aliphatic heterocycles. The molecule has 1 amide bonds. The lowest BCUT2D eigenvalue weighted by atomic mass is 10.0. The summed E-state index contributed by atoms with van der Waals surface area (Å²) in [6.07, 6.45) is 4.67. The van der Waals surface area contributed by atoms with Crippen LogP contribution >= 0.6 is 0 Å². The van der Waals surface area contributed by atoms with Crippen LogP contribution in [0.2, 0.25) is 0 Å². The molecule has 0 bridgehead atoms. The van der Waals surface area contributed by atoms with Gasteiger partial charge in [0.2, 0.25) is 5.91 Å². The summed E-state index contributed by atoms with van der Waals surface area (Å²) in [5, 5.41) is 0. The van der Waals surface area contributed by atoms with Crippen molar-refractivity contribution in [3.63, 3.8) is 0 Å². The van der Waals surface area contributed by atoms with E-state index in [0.29, 0.717) is 6.42 Å². The molecule has 4 nitrogen and oxygen atoms in total. The zero-order valence-corrected chi connectivity index (χ0v) is 12.9. The average Bonchev–Trinajstić information content (AvgIpc) is 2.50. The van der Waals surface area contributed by atoms with E-state index in [1.54, 1.807) is 0 Å². The van der Waals surface area contributed by atoms with Crippen molar-refractivity contribution in [2.45, 2.75) is 32.6 Å². The number of likely N-dealkylation sites (tertiary alicyclic amines) is 1. The van der Waals surface area contributed by atoms with Gasteiger partial charge in [-0.3, -0.25) is 9.69 Å². The fourth-order valence-electron chi connectivity index (χ4n) is 2.65. The van der Waals surface area contributed by atoms with Crippen LogP contribution in [-0.2, 0) is 11.2 Å². The van der Waals surface area contributed by atoms with Gasteiger partial charge in [0.15, 0.2) is 0 Å². The van der Waals surface area contributed by atoms with E-state index in [-0.39, 0.29) is 11.8 Å². The van der Waals surface area contributed by atoms with Crippen molar-refractivity contribution in [3.8, 4) is 5.75 Å². The zero-order valence-electron chi connectivity index (χ0n) is 12.9. The third kappa shape index (κ3) is 5.38. The van der Waals surface area contributed by atoms with Gasteiger partial charge in [0, 0.05) is 12.5 Å². The molecule has 1 aromatic carbocycles. The fourth-order valence-corrected chi connectivity index (χ4v) is 2.65. The van der Waals surface area contributed by atoms with E-state index >= 15 is 0 Å². The van der Waals surface area contributed by atoms with E-state index in [1.165, 1.54) is 32.4 Å². The van der Waals surface area contributed by atoms with Crippen LogP contribution in [0.25, 0.3) is 0 Å². The molecule has 4 heteroatoms. The topological polar surface area (TPSA) is 55.6 Å². The first kappa shape index (κ1) is 15.8. The van der Waals surface area contributed by atoms with Gasteiger partial charge in [0.1, 0.15) is 12.4 Å². The maximum atomic E-state index is 11.1. The van der Waals surface area contributed by atoms with Gasteiger partial charge in [0.25, 0.3) is 0 Å². The van der Waals surface area contributed by atoms with Gasteiger partial charge in [-0.05, 0) is 50.0 Å². The van der Waals surface area contributed by atoms with Gasteiger partial charge in [-0.2, -0.15) is 0 Å². The van der Waals surface area contributed by atoms with Crippen molar-refractivity contribution in [1.82, 2.24) is 4.90 Å². The summed E-state index contributed by atoms with van der Waals surface area (Å²) in [6, 6.07) is 7.96. The largest absolute Gasteiger partial charge is 0.492 e. The number of amides is 1. The molecule has 21 heavy (non-hydrogen) atoms. The predicted molar refractivity (Wildman–Crippen MR) is 84.3 cm³/mol. The van der Waals surface area contributed by atoms with E-state index < -0.39 is 0 Å². The molecule has 1 atom stereocenters. The fraction of sp³-hybridized carbons (Fsp3) is 0.588. The van der Waals surface area contributed by atoms with Crippen LogP contribution < -0.4 is 10.5 Å². The highest BCUT2D eigenvalue weighted by Gasteiger charge is 2.10. The second-order valence-electron chi connectivity index (χ2n) is 5.90. The highest BCUT2D eigenvalue weighted by molar-refractivity contribution is 5.76. The van der Waals surface area contributed by atoms with E-state index in [0.717, 1.165) is 24.5 Å². The molecule has 0 aromatic heterocycles. The van der Waals surface area contributed by atoms with Crippen molar-refractivity contribution in [1.29, 1.82) is 0 Å². The summed E-state index contributed by atoms with van der Waals surface area (Å²) >= 11 is 0. The number of carbonyl (C=O) groups is 1. The quantitative estimate of drug-likeness (QED) is 0.837. The minimum atomic E-state index is -0.253. The van der Waals surface area contributed by atoms with E-state index in [9.17, 15) is 4.79 Å². The maximum absolute atomic E-state index is 11.1. The monoisotopic (exact) mass is 290 g/mol. The second-order valence-corrected chi connectivity index (χ2v) is 5.90. The van der Waals surface area contributed by atoms with Crippen LogP contribution in [0.4, 0.5) is 0 Å². The summed E-state index contributed by atoms with van der Waals surface area (Å²) in [6.45, 7) is 5.99. The number of nitrogens with two attached hydrogens (primary N) is 1. The third-order valence-corrected chi connectivity index (χ3v) is 4.08. The molecule has 0 radical (unpaired) electrons. The van der Waals surface area contributed by atoms with Crippen LogP contribution in [0.3, 0.4) is 0 Å². The molecule has 0 spiro atoms. The van der Waals surface area contributed by atoms with Gasteiger partial charge < -0.3 is 10.5 Å². The molecule has 1 aromatic rings. The van der Waals surface area contributed by atoms with Crippen molar-refractivity contribution in [3.05, 3.63) is 29.8 Å². The summed E-state index contributed by atoms with van der Waals surface area (Å²) in [7, 11) is 0. The van der Waals surface area contributed by atoms with Gasteiger partial charge in [-0.25, -0.2) is 0 Å². The number of rotatable bonds is 7. The Labute approximate surface area is 127 Å². The molecule has 116 valence electrons. The number of carbonyl (C=O) groups excluding carboxylic acids is 1. The highest BCUT2D eigenvalue weighted by Crippen LogP contribution is 2.15. The van der Waals surface area contributed by atoms with Crippen molar-refractivity contribution < 1.29 is 9.53 Å². The van der Waals surface area contributed by atoms with Gasteiger partial charge in [-0.15, -0.1) is 0 Å². The Bertz CT molecular complexity index is 439. The van der Waals surface area contributed by atoms with Crippen LogP contribution in [0.15, 0.2) is 24.3 Å². The van der Waals surface area contributed by atoms with Crippen molar-refractivity contribution in [2.75, 3.05) is 26.2 Å². The van der Waals surface area contributed by atoms with Crippen LogP contribution in [0.1, 0.15) is 31.7 Å². The smallest absolute Gasteiger partial charge is 0.220 e. The Hall–Kier alpha value is -1.55. The van der Waals surface area contributed by atoms with Gasteiger partial charge >= 0.3 is 0 Å². The number of primary amides is 1. The summed E-state index contributed by atoms with van der Waals surface area (Å²) < 4.78 is 5.78. The minimum absolute atomic E-state index is 0.129. The first-order chi connectivity index (χ1) is 10.1. The van der Waals surface area contributed by atoms with Crippen LogP contribution in [-0.4, -0.2) is 37.0 Å². The number of hydrogen-bond donors (Lipinski definition) is 1. The molecule has 1 saturated heterocycles. The average molecular weight is 290 g/mol. The highest BCUT2D eigenvalue weighted by atomic mass is 16.5. The zero-order chi connectivity index (χ0) is 15.1. The number of hydrogen-bond acceptors (Lipinski definition) is 3. The van der Waals surface area contributed by atoms with Crippen LogP contribution in [0.5, 0.6) is 5.75 Å². The standard InChI is InChI=1S/C17H26N2O2/c1-14(17(18)20)13-15-5-7-16(8-6-15)21-12-11-19-9-3-2-4-10-19/h5-8,14H,2-4,9-13H2,1H3,(H2,18,20). The molecule has 1 fully saturated rings. The Morgan fingerprint density at radius 3 is 2.52 bits per heavy atom. The van der Waals surface area contributed by atoms with Crippen molar-refractivity contribution in [2.24, 2.45) is 11.7 Å². The Balaban J connectivity index is 1.73. The molecule has 2 rings (SSSR count). The minimum Gasteiger partial charge on any atom is -0.492 e. The SMILES string of the molecule is CC(Cc1ccc(OCCN2CCCCC2)cc1)C(N)=O. The second kappa shape index (κ2) is 8.03. The molecule has 1 aliphatic rings.